The highest BCUT2D eigenvalue weighted by Gasteiger charge is 2.09. The molecule has 1 aromatic rings. The van der Waals surface area contributed by atoms with Gasteiger partial charge < -0.3 is 4.90 Å². The smallest absolute Gasteiger partial charge is 0.135 e. The maximum absolute atomic E-state index is 11.0. The van der Waals surface area contributed by atoms with E-state index in [0.717, 1.165) is 17.2 Å². The van der Waals surface area contributed by atoms with Gasteiger partial charge in [0.1, 0.15) is 17.4 Å². The maximum atomic E-state index is 11.0. The van der Waals surface area contributed by atoms with Gasteiger partial charge in [0, 0.05) is 32.3 Å². The number of nitrogens with zero attached hydrogens (tertiary/aromatic N) is 3. The SMILES string of the molecule is CC(=O)Cc1cnc(C)nc1N(C)C. The molecular weight excluding hydrogens is 178 g/mol. The van der Waals surface area contributed by atoms with Crippen LogP contribution in [-0.2, 0) is 11.2 Å². The van der Waals surface area contributed by atoms with Crippen LogP contribution in [0.3, 0.4) is 0 Å². The summed E-state index contributed by atoms with van der Waals surface area (Å²) in [4.78, 5) is 21.3. The second-order valence-electron chi connectivity index (χ2n) is 3.54. The second kappa shape index (κ2) is 4.17. The van der Waals surface area contributed by atoms with Gasteiger partial charge in [0.25, 0.3) is 0 Å². The molecule has 76 valence electrons. The van der Waals surface area contributed by atoms with Crippen LogP contribution in [0, 0.1) is 6.92 Å². The van der Waals surface area contributed by atoms with E-state index in [9.17, 15) is 4.79 Å². The molecule has 0 bridgehead atoms. The number of ketones is 1. The van der Waals surface area contributed by atoms with Crippen LogP contribution < -0.4 is 4.90 Å². The fourth-order valence-electron chi connectivity index (χ4n) is 1.26. The molecule has 0 radical (unpaired) electrons. The predicted molar refractivity (Wildman–Crippen MR) is 55.5 cm³/mol. The van der Waals surface area contributed by atoms with Gasteiger partial charge in [0.15, 0.2) is 0 Å². The third-order valence-corrected chi connectivity index (χ3v) is 1.83. The van der Waals surface area contributed by atoms with Crippen LogP contribution in [0.5, 0.6) is 0 Å². The quantitative estimate of drug-likeness (QED) is 0.718. The van der Waals surface area contributed by atoms with Crippen molar-refractivity contribution in [3.8, 4) is 0 Å². The summed E-state index contributed by atoms with van der Waals surface area (Å²) >= 11 is 0. The maximum Gasteiger partial charge on any atom is 0.135 e. The lowest BCUT2D eigenvalue weighted by Crippen LogP contribution is -2.15. The average molecular weight is 193 g/mol. The Hall–Kier alpha value is -1.45. The van der Waals surface area contributed by atoms with Crippen LogP contribution in [0.4, 0.5) is 5.82 Å². The molecule has 1 rings (SSSR count). The third-order valence-electron chi connectivity index (χ3n) is 1.83. The minimum atomic E-state index is 0.126. The monoisotopic (exact) mass is 193 g/mol. The van der Waals surface area contributed by atoms with Crippen LogP contribution in [0.15, 0.2) is 6.20 Å². The molecule has 0 spiro atoms. The van der Waals surface area contributed by atoms with Crippen molar-refractivity contribution in [1.29, 1.82) is 0 Å². The summed E-state index contributed by atoms with van der Waals surface area (Å²) in [5, 5.41) is 0. The number of carbonyl (C=O) groups excluding carboxylic acids is 1. The Balaban J connectivity index is 3.08. The highest BCUT2D eigenvalue weighted by atomic mass is 16.1. The summed E-state index contributed by atoms with van der Waals surface area (Å²) in [6.45, 7) is 3.41. The van der Waals surface area contributed by atoms with Crippen molar-refractivity contribution in [1.82, 2.24) is 9.97 Å². The Morgan fingerprint density at radius 1 is 1.50 bits per heavy atom. The van der Waals surface area contributed by atoms with E-state index in [-0.39, 0.29) is 5.78 Å². The Morgan fingerprint density at radius 2 is 2.14 bits per heavy atom. The van der Waals surface area contributed by atoms with Gasteiger partial charge in [-0.2, -0.15) is 0 Å². The molecule has 0 unspecified atom stereocenters. The summed E-state index contributed by atoms with van der Waals surface area (Å²) in [6.07, 6.45) is 2.12. The molecule has 0 aromatic carbocycles. The lowest BCUT2D eigenvalue weighted by atomic mass is 10.1. The Bertz CT molecular complexity index is 347. The summed E-state index contributed by atoms with van der Waals surface area (Å²) in [5.41, 5.74) is 0.883. The van der Waals surface area contributed by atoms with Gasteiger partial charge in [-0.3, -0.25) is 4.79 Å². The Morgan fingerprint density at radius 3 is 2.64 bits per heavy atom. The number of Topliss-reactive ketones (excluding diaryl/α,β-unsaturated/α-hetero) is 1. The van der Waals surface area contributed by atoms with E-state index in [1.807, 2.05) is 25.9 Å². The van der Waals surface area contributed by atoms with Crippen LogP contribution in [0.25, 0.3) is 0 Å². The van der Waals surface area contributed by atoms with Gasteiger partial charge in [-0.05, 0) is 13.8 Å². The van der Waals surface area contributed by atoms with Crippen molar-refractivity contribution >= 4 is 11.6 Å². The first kappa shape index (κ1) is 10.6. The van der Waals surface area contributed by atoms with Crippen molar-refractivity contribution < 1.29 is 4.79 Å². The van der Waals surface area contributed by atoms with E-state index >= 15 is 0 Å². The third kappa shape index (κ3) is 2.52. The van der Waals surface area contributed by atoms with Gasteiger partial charge in [-0.15, -0.1) is 0 Å². The molecule has 0 saturated carbocycles. The molecule has 0 atom stereocenters. The molecule has 0 saturated heterocycles. The topological polar surface area (TPSA) is 46.1 Å². The first-order valence-electron chi connectivity index (χ1n) is 4.50. The number of aryl methyl sites for hydroxylation is 1. The first-order chi connectivity index (χ1) is 6.50. The predicted octanol–water partition coefficient (Wildman–Crippen LogP) is 0.983. The number of aromatic nitrogens is 2. The van der Waals surface area contributed by atoms with Crippen molar-refractivity contribution in [3.63, 3.8) is 0 Å². The summed E-state index contributed by atoms with van der Waals surface area (Å²) < 4.78 is 0. The number of anilines is 1. The Kier molecular flexibility index (Phi) is 3.17. The van der Waals surface area contributed by atoms with Crippen molar-refractivity contribution in [3.05, 3.63) is 17.6 Å². The molecule has 4 nitrogen and oxygen atoms in total. The molecule has 4 heteroatoms. The van der Waals surface area contributed by atoms with Crippen LogP contribution in [0.2, 0.25) is 0 Å². The lowest BCUT2D eigenvalue weighted by molar-refractivity contribution is -0.116. The summed E-state index contributed by atoms with van der Waals surface area (Å²) in [5.74, 6) is 1.68. The molecule has 14 heavy (non-hydrogen) atoms. The van der Waals surface area contributed by atoms with Crippen molar-refractivity contribution in [2.45, 2.75) is 20.3 Å². The minimum absolute atomic E-state index is 0.126. The zero-order chi connectivity index (χ0) is 10.7. The molecule has 0 N–H and O–H groups in total. The van der Waals surface area contributed by atoms with Gasteiger partial charge in [0.2, 0.25) is 0 Å². The van der Waals surface area contributed by atoms with E-state index in [2.05, 4.69) is 9.97 Å². The van der Waals surface area contributed by atoms with Gasteiger partial charge in [-0.25, -0.2) is 9.97 Å². The number of hydrogen-bond acceptors (Lipinski definition) is 4. The minimum Gasteiger partial charge on any atom is -0.362 e. The van der Waals surface area contributed by atoms with Crippen molar-refractivity contribution in [2.75, 3.05) is 19.0 Å². The highest BCUT2D eigenvalue weighted by molar-refractivity contribution is 5.79. The average Bonchev–Trinajstić information content (AvgIpc) is 2.07. The molecular formula is C10H15N3O. The van der Waals surface area contributed by atoms with E-state index in [0.29, 0.717) is 6.42 Å². The van der Waals surface area contributed by atoms with Crippen LogP contribution in [0.1, 0.15) is 18.3 Å². The Labute approximate surface area is 84.0 Å². The summed E-state index contributed by atoms with van der Waals surface area (Å²) in [6, 6.07) is 0. The molecule has 1 heterocycles. The number of hydrogen-bond donors (Lipinski definition) is 0. The van der Waals surface area contributed by atoms with Gasteiger partial charge >= 0.3 is 0 Å². The first-order valence-corrected chi connectivity index (χ1v) is 4.50. The number of carbonyl (C=O) groups is 1. The van der Waals surface area contributed by atoms with Crippen LogP contribution >= 0.6 is 0 Å². The molecule has 0 aliphatic carbocycles. The lowest BCUT2D eigenvalue weighted by Gasteiger charge is -2.15. The van der Waals surface area contributed by atoms with Gasteiger partial charge in [-0.1, -0.05) is 0 Å². The van der Waals surface area contributed by atoms with Crippen LogP contribution in [-0.4, -0.2) is 29.8 Å². The molecule has 0 aliphatic heterocycles. The fourth-order valence-corrected chi connectivity index (χ4v) is 1.26. The molecule has 0 amide bonds. The molecule has 0 fully saturated rings. The standard InChI is InChI=1S/C10H15N3O/c1-7(14)5-9-6-11-8(2)12-10(9)13(3)4/h6H,5H2,1-4H3. The molecule has 0 aliphatic rings. The second-order valence-corrected chi connectivity index (χ2v) is 3.54. The van der Waals surface area contributed by atoms with Gasteiger partial charge in [0.05, 0.1) is 0 Å². The van der Waals surface area contributed by atoms with E-state index in [1.165, 1.54) is 0 Å². The van der Waals surface area contributed by atoms with E-state index < -0.39 is 0 Å². The largest absolute Gasteiger partial charge is 0.362 e. The van der Waals surface area contributed by atoms with E-state index in [4.69, 9.17) is 0 Å². The molecule has 1 aromatic heterocycles. The van der Waals surface area contributed by atoms with Crippen molar-refractivity contribution in [2.24, 2.45) is 0 Å². The fraction of sp³-hybridized carbons (Fsp3) is 0.500. The summed E-state index contributed by atoms with van der Waals surface area (Å²) in [7, 11) is 3.82. The highest BCUT2D eigenvalue weighted by Crippen LogP contribution is 2.15. The zero-order valence-electron chi connectivity index (χ0n) is 9.03. The van der Waals surface area contributed by atoms with E-state index in [1.54, 1.807) is 13.1 Å². The number of rotatable bonds is 3. The normalized spacial score (nSPS) is 10.0. The zero-order valence-corrected chi connectivity index (χ0v) is 9.03.